The van der Waals surface area contributed by atoms with E-state index < -0.39 is 21.9 Å². The van der Waals surface area contributed by atoms with Crippen LogP contribution in [0.15, 0.2) is 12.3 Å². The summed E-state index contributed by atoms with van der Waals surface area (Å²) in [5.74, 6) is -1.58. The smallest absolute Gasteiger partial charge is 0.302 e. The Morgan fingerprint density at radius 2 is 2.26 bits per heavy atom. The molecular weight excluding hydrogens is 297 g/mol. The maximum Gasteiger partial charge on any atom is 0.302 e. The van der Waals surface area contributed by atoms with Gasteiger partial charge in [-0.3, -0.25) is 4.79 Å². The molecule has 6 nitrogen and oxygen atoms in total. The van der Waals surface area contributed by atoms with Gasteiger partial charge in [-0.05, 0) is 6.07 Å². The number of anilines is 2. The maximum absolute atomic E-state index is 12.6. The largest absolute Gasteiger partial charge is 0.395 e. The third-order valence-electron chi connectivity index (χ3n) is 2.85. The summed E-state index contributed by atoms with van der Waals surface area (Å²) < 4.78 is 33.8. The number of amides is 1. The fourth-order valence-electron chi connectivity index (χ4n) is 2.08. The summed E-state index contributed by atoms with van der Waals surface area (Å²) in [6.07, 6.45) is 1.35. The van der Waals surface area contributed by atoms with E-state index in [1.807, 2.05) is 0 Å². The summed E-state index contributed by atoms with van der Waals surface area (Å²) in [6, 6.07) is 1.51. The highest BCUT2D eigenvalue weighted by Gasteiger charge is 2.34. The van der Waals surface area contributed by atoms with Gasteiger partial charge in [0.2, 0.25) is 5.91 Å². The topological polar surface area (TPSA) is 93.4 Å². The van der Waals surface area contributed by atoms with Crippen LogP contribution in [-0.2, 0) is 15.0 Å². The van der Waals surface area contributed by atoms with Crippen LogP contribution in [0.2, 0.25) is 5.15 Å². The maximum atomic E-state index is 12.6. The third-order valence-corrected chi connectivity index (χ3v) is 4.02. The third kappa shape index (κ3) is 3.13. The van der Waals surface area contributed by atoms with Crippen molar-refractivity contribution in [2.24, 2.45) is 5.92 Å². The van der Waals surface area contributed by atoms with E-state index in [1.54, 1.807) is 0 Å². The molecule has 0 saturated carbocycles. The first-order valence-corrected chi connectivity index (χ1v) is 7.33. The molecule has 1 aliphatic rings. The minimum Gasteiger partial charge on any atom is -0.395 e. The lowest BCUT2D eigenvalue weighted by Crippen LogP contribution is -2.26. The SMILES string of the molecule is Nc1c(N2CC(CS(=O)(=O)F)CC2=O)ccnc1Cl. The first-order valence-electron chi connectivity index (χ1n) is 5.40. The Balaban J connectivity index is 2.23. The van der Waals surface area contributed by atoms with Crippen molar-refractivity contribution in [3.05, 3.63) is 17.4 Å². The summed E-state index contributed by atoms with van der Waals surface area (Å²) in [7, 11) is -4.60. The number of nitrogen functional groups attached to an aromatic ring is 1. The van der Waals surface area contributed by atoms with Crippen molar-refractivity contribution in [1.82, 2.24) is 4.98 Å². The van der Waals surface area contributed by atoms with Crippen LogP contribution < -0.4 is 10.6 Å². The number of rotatable bonds is 3. The molecule has 1 saturated heterocycles. The van der Waals surface area contributed by atoms with Crippen molar-refractivity contribution in [1.29, 1.82) is 0 Å². The van der Waals surface area contributed by atoms with Crippen LogP contribution in [0.5, 0.6) is 0 Å². The summed E-state index contributed by atoms with van der Waals surface area (Å²) >= 11 is 5.75. The van der Waals surface area contributed by atoms with E-state index in [9.17, 15) is 17.1 Å². The zero-order valence-electron chi connectivity index (χ0n) is 9.71. The van der Waals surface area contributed by atoms with Crippen molar-refractivity contribution >= 4 is 39.1 Å². The highest BCUT2D eigenvalue weighted by Crippen LogP contribution is 2.33. The minimum atomic E-state index is -4.60. The Hall–Kier alpha value is -1.41. The molecule has 2 rings (SSSR count). The van der Waals surface area contributed by atoms with Gasteiger partial charge in [0.25, 0.3) is 0 Å². The first-order chi connectivity index (χ1) is 8.78. The molecule has 0 radical (unpaired) electrons. The Morgan fingerprint density at radius 1 is 1.58 bits per heavy atom. The van der Waals surface area contributed by atoms with E-state index in [0.29, 0.717) is 5.69 Å². The van der Waals surface area contributed by atoms with Crippen LogP contribution in [0.3, 0.4) is 0 Å². The van der Waals surface area contributed by atoms with Crippen LogP contribution >= 0.6 is 11.6 Å². The van der Waals surface area contributed by atoms with Gasteiger partial charge in [-0.1, -0.05) is 11.6 Å². The number of pyridine rings is 1. The summed E-state index contributed by atoms with van der Waals surface area (Å²) in [5.41, 5.74) is 6.22. The monoisotopic (exact) mass is 307 g/mol. The molecule has 1 aliphatic heterocycles. The molecule has 1 aromatic heterocycles. The number of carbonyl (C=O) groups excluding carboxylic acids is 1. The van der Waals surface area contributed by atoms with Gasteiger partial charge in [0.05, 0.1) is 17.1 Å². The molecule has 1 atom stereocenters. The van der Waals surface area contributed by atoms with E-state index >= 15 is 0 Å². The Labute approximate surface area is 114 Å². The number of nitrogens with zero attached hydrogens (tertiary/aromatic N) is 2. The lowest BCUT2D eigenvalue weighted by atomic mass is 10.1. The molecule has 1 aromatic rings. The van der Waals surface area contributed by atoms with Crippen LogP contribution in [0, 0.1) is 5.92 Å². The van der Waals surface area contributed by atoms with Gasteiger partial charge in [0, 0.05) is 25.1 Å². The highest BCUT2D eigenvalue weighted by molar-refractivity contribution is 7.86. The lowest BCUT2D eigenvalue weighted by molar-refractivity contribution is -0.117. The van der Waals surface area contributed by atoms with Crippen LogP contribution in [0.1, 0.15) is 6.42 Å². The normalized spacial score (nSPS) is 20.0. The van der Waals surface area contributed by atoms with E-state index in [1.165, 1.54) is 17.2 Å². The predicted molar refractivity (Wildman–Crippen MR) is 69.0 cm³/mol. The molecule has 0 aliphatic carbocycles. The standard InChI is InChI=1S/C10H11ClFN3O3S/c11-10-9(13)7(1-2-14-10)15-4-6(3-8(15)16)5-19(12,17)18/h1-2,6H,3-5,13H2. The molecule has 0 spiro atoms. The van der Waals surface area contributed by atoms with Crippen molar-refractivity contribution < 1.29 is 17.1 Å². The summed E-state index contributed by atoms with van der Waals surface area (Å²) in [6.45, 7) is 0.0898. The predicted octanol–water partition coefficient (Wildman–Crippen LogP) is 0.969. The molecule has 104 valence electrons. The molecule has 1 amide bonds. The first kappa shape index (κ1) is 14.0. The van der Waals surface area contributed by atoms with Crippen LogP contribution in [-0.4, -0.2) is 31.6 Å². The number of hydrogen-bond donors (Lipinski definition) is 1. The number of aromatic nitrogens is 1. The highest BCUT2D eigenvalue weighted by atomic mass is 35.5. The van der Waals surface area contributed by atoms with Gasteiger partial charge in [0.1, 0.15) is 0 Å². The molecule has 2 N–H and O–H groups in total. The Bertz CT molecular complexity index is 622. The van der Waals surface area contributed by atoms with Gasteiger partial charge in [-0.15, -0.1) is 3.89 Å². The van der Waals surface area contributed by atoms with Crippen molar-refractivity contribution in [2.45, 2.75) is 6.42 Å². The summed E-state index contributed by atoms with van der Waals surface area (Å²) in [4.78, 5) is 16.9. The van der Waals surface area contributed by atoms with Crippen molar-refractivity contribution in [3.8, 4) is 0 Å². The molecule has 1 unspecified atom stereocenters. The number of nitrogens with two attached hydrogens (primary N) is 1. The molecule has 0 bridgehead atoms. The average Bonchev–Trinajstić information content (AvgIpc) is 2.61. The van der Waals surface area contributed by atoms with Gasteiger partial charge in [0.15, 0.2) is 5.15 Å². The van der Waals surface area contributed by atoms with Crippen LogP contribution in [0.25, 0.3) is 0 Å². The lowest BCUT2D eigenvalue weighted by Gasteiger charge is -2.18. The Morgan fingerprint density at radius 3 is 2.89 bits per heavy atom. The van der Waals surface area contributed by atoms with Crippen molar-refractivity contribution in [2.75, 3.05) is 22.9 Å². The Kier molecular flexibility index (Phi) is 3.64. The van der Waals surface area contributed by atoms with E-state index in [2.05, 4.69) is 4.98 Å². The number of halogens is 2. The molecule has 0 aromatic carbocycles. The number of hydrogen-bond acceptors (Lipinski definition) is 5. The zero-order valence-corrected chi connectivity index (χ0v) is 11.3. The van der Waals surface area contributed by atoms with E-state index in [0.717, 1.165) is 0 Å². The second-order valence-corrected chi connectivity index (χ2v) is 6.08. The average molecular weight is 308 g/mol. The second kappa shape index (κ2) is 4.93. The van der Waals surface area contributed by atoms with E-state index in [4.69, 9.17) is 17.3 Å². The molecule has 19 heavy (non-hydrogen) atoms. The van der Waals surface area contributed by atoms with Gasteiger partial charge in [-0.25, -0.2) is 4.98 Å². The van der Waals surface area contributed by atoms with Crippen molar-refractivity contribution in [3.63, 3.8) is 0 Å². The van der Waals surface area contributed by atoms with E-state index in [-0.39, 0.29) is 29.7 Å². The van der Waals surface area contributed by atoms with Gasteiger partial charge < -0.3 is 10.6 Å². The van der Waals surface area contributed by atoms with Crippen LogP contribution in [0.4, 0.5) is 15.3 Å². The van der Waals surface area contributed by atoms with Gasteiger partial charge in [-0.2, -0.15) is 8.42 Å². The fraction of sp³-hybridized carbons (Fsp3) is 0.400. The van der Waals surface area contributed by atoms with Gasteiger partial charge >= 0.3 is 10.2 Å². The minimum absolute atomic E-state index is 0.0392. The zero-order chi connectivity index (χ0) is 14.2. The fourth-order valence-corrected chi connectivity index (χ4v) is 3.02. The molecule has 1 fully saturated rings. The number of carbonyl (C=O) groups is 1. The molecular formula is C10H11ClFN3O3S. The second-order valence-electron chi connectivity index (χ2n) is 4.31. The molecule has 9 heteroatoms. The summed E-state index contributed by atoms with van der Waals surface area (Å²) in [5, 5.41) is 0.0619. The molecule has 2 heterocycles. The quantitative estimate of drug-likeness (QED) is 0.663.